The van der Waals surface area contributed by atoms with Gasteiger partial charge in [-0.05, 0) is 76.6 Å². The summed E-state index contributed by atoms with van der Waals surface area (Å²) in [4.78, 5) is 51.6. The molecule has 0 atom stereocenters. The number of carbonyl (C=O) groups is 4. The van der Waals surface area contributed by atoms with Crippen LogP contribution in [0.25, 0.3) is 6.08 Å². The third-order valence-electron chi connectivity index (χ3n) is 4.98. The van der Waals surface area contributed by atoms with Crippen LogP contribution in [0, 0.1) is 0 Å². The fourth-order valence-electron chi connectivity index (χ4n) is 3.37. The minimum Gasteiger partial charge on any atom is -0.482 e. The first-order valence-corrected chi connectivity index (χ1v) is 12.8. The smallest absolute Gasteiger partial charge is 0.335 e. The Labute approximate surface area is 237 Å². The molecular weight excluding hydrogens is 653 g/mol. The minimum atomic E-state index is -0.903. The van der Waals surface area contributed by atoms with Crippen molar-refractivity contribution in [2.75, 3.05) is 16.8 Å². The van der Waals surface area contributed by atoms with Gasteiger partial charge in [-0.15, -0.1) is 0 Å². The van der Waals surface area contributed by atoms with Gasteiger partial charge in [0.2, 0.25) is 0 Å². The van der Waals surface area contributed by atoms with Gasteiger partial charge in [-0.25, -0.2) is 9.69 Å². The van der Waals surface area contributed by atoms with E-state index in [0.29, 0.717) is 30.2 Å². The molecule has 188 valence electrons. The lowest BCUT2D eigenvalue weighted by molar-refractivity contribution is -0.122. The lowest BCUT2D eigenvalue weighted by atomic mass is 10.1. The van der Waals surface area contributed by atoms with Crippen LogP contribution in [0.4, 0.5) is 16.2 Å². The normalized spacial score (nSPS) is 14.5. The van der Waals surface area contributed by atoms with Crippen molar-refractivity contribution in [3.63, 3.8) is 0 Å². The molecular formula is C25H15Br2Cl2N3O5. The fourth-order valence-corrected chi connectivity index (χ4v) is 5.05. The van der Waals surface area contributed by atoms with Crippen molar-refractivity contribution in [3.8, 4) is 5.75 Å². The number of amides is 5. The van der Waals surface area contributed by atoms with Gasteiger partial charge in [0.05, 0.1) is 10.2 Å². The maximum absolute atomic E-state index is 13.2. The Morgan fingerprint density at radius 2 is 1.73 bits per heavy atom. The van der Waals surface area contributed by atoms with Crippen LogP contribution in [0.5, 0.6) is 5.75 Å². The summed E-state index contributed by atoms with van der Waals surface area (Å²) in [5, 5.41) is 5.68. The highest BCUT2D eigenvalue weighted by atomic mass is 79.9. The van der Waals surface area contributed by atoms with E-state index in [1.165, 1.54) is 18.2 Å². The summed E-state index contributed by atoms with van der Waals surface area (Å²) in [6.07, 6.45) is 1.28. The van der Waals surface area contributed by atoms with Gasteiger partial charge in [0, 0.05) is 25.8 Å². The van der Waals surface area contributed by atoms with E-state index < -0.39 is 23.8 Å². The largest absolute Gasteiger partial charge is 0.482 e. The average molecular weight is 668 g/mol. The van der Waals surface area contributed by atoms with Crippen molar-refractivity contribution < 1.29 is 23.9 Å². The SMILES string of the molecule is O=C(COc1c(Br)cc(Br)cc1/C=C1\C(=O)NC(=O)N(c2cccc(Cl)c2)C1=O)Nc1ccc(Cl)cc1. The maximum atomic E-state index is 13.2. The molecule has 37 heavy (non-hydrogen) atoms. The van der Waals surface area contributed by atoms with Crippen molar-refractivity contribution in [3.05, 3.63) is 90.8 Å². The molecule has 1 saturated heterocycles. The molecule has 0 radical (unpaired) electrons. The topological polar surface area (TPSA) is 105 Å². The Bertz CT molecular complexity index is 1460. The highest BCUT2D eigenvalue weighted by Gasteiger charge is 2.37. The predicted octanol–water partition coefficient (Wildman–Crippen LogP) is 6.20. The van der Waals surface area contributed by atoms with Crippen LogP contribution in [0.1, 0.15) is 5.56 Å². The number of hydrogen-bond acceptors (Lipinski definition) is 5. The fraction of sp³-hybridized carbons (Fsp3) is 0.0400. The highest BCUT2D eigenvalue weighted by molar-refractivity contribution is 9.11. The monoisotopic (exact) mass is 665 g/mol. The van der Waals surface area contributed by atoms with E-state index in [1.54, 1.807) is 48.5 Å². The van der Waals surface area contributed by atoms with Gasteiger partial charge in [-0.3, -0.25) is 19.7 Å². The van der Waals surface area contributed by atoms with Crippen molar-refractivity contribution in [2.24, 2.45) is 0 Å². The lowest BCUT2D eigenvalue weighted by Crippen LogP contribution is -2.54. The maximum Gasteiger partial charge on any atom is 0.335 e. The van der Waals surface area contributed by atoms with Crippen LogP contribution in [0.3, 0.4) is 0 Å². The van der Waals surface area contributed by atoms with Crippen LogP contribution >= 0.6 is 55.1 Å². The first kappa shape index (κ1) is 26.9. The van der Waals surface area contributed by atoms with E-state index in [1.807, 2.05) is 0 Å². The summed E-state index contributed by atoms with van der Waals surface area (Å²) in [5.41, 5.74) is 0.712. The van der Waals surface area contributed by atoms with Crippen LogP contribution < -0.4 is 20.3 Å². The standard InChI is InChI=1S/C25H15Br2Cl2N3O5/c26-14-8-13(22(20(27)10-14)37-12-21(33)30-17-6-4-15(28)5-7-17)9-19-23(34)31-25(36)32(24(19)35)18-3-1-2-16(29)11-18/h1-11H,12H2,(H,30,33)(H,31,34,36)/b19-9+. The molecule has 2 N–H and O–H groups in total. The average Bonchev–Trinajstić information content (AvgIpc) is 2.82. The molecule has 1 aliphatic rings. The molecule has 12 heteroatoms. The quantitative estimate of drug-likeness (QED) is 0.241. The zero-order chi connectivity index (χ0) is 26.7. The second-order valence-corrected chi connectivity index (χ2v) is 10.2. The number of halogens is 4. The molecule has 3 aromatic rings. The van der Waals surface area contributed by atoms with Crippen LogP contribution in [-0.4, -0.2) is 30.4 Å². The Morgan fingerprint density at radius 3 is 2.43 bits per heavy atom. The molecule has 1 fully saturated rings. The number of nitrogens with one attached hydrogen (secondary N) is 2. The van der Waals surface area contributed by atoms with Crippen LogP contribution in [0.2, 0.25) is 10.0 Å². The summed E-state index contributed by atoms with van der Waals surface area (Å²) in [7, 11) is 0. The highest BCUT2D eigenvalue weighted by Crippen LogP contribution is 2.35. The Kier molecular flexibility index (Phi) is 8.33. The molecule has 0 aromatic heterocycles. The van der Waals surface area contributed by atoms with Crippen molar-refractivity contribution in [1.82, 2.24) is 5.32 Å². The molecule has 0 bridgehead atoms. The van der Waals surface area contributed by atoms with Crippen LogP contribution in [0.15, 0.2) is 75.2 Å². The number of ether oxygens (including phenoxy) is 1. The number of hydrogen-bond donors (Lipinski definition) is 2. The van der Waals surface area contributed by atoms with E-state index in [4.69, 9.17) is 27.9 Å². The van der Waals surface area contributed by atoms with Crippen LogP contribution in [-0.2, 0) is 14.4 Å². The molecule has 1 aliphatic heterocycles. The second-order valence-electron chi connectivity index (χ2n) is 7.59. The van der Waals surface area contributed by atoms with E-state index in [0.717, 1.165) is 4.90 Å². The summed E-state index contributed by atoms with van der Waals surface area (Å²) in [6.45, 7) is -0.369. The lowest BCUT2D eigenvalue weighted by Gasteiger charge is -2.26. The third-order valence-corrected chi connectivity index (χ3v) is 6.51. The molecule has 0 aliphatic carbocycles. The van der Waals surface area contributed by atoms with Gasteiger partial charge >= 0.3 is 6.03 Å². The zero-order valence-electron chi connectivity index (χ0n) is 18.6. The van der Waals surface area contributed by atoms with Crippen molar-refractivity contribution in [1.29, 1.82) is 0 Å². The van der Waals surface area contributed by atoms with E-state index in [2.05, 4.69) is 42.5 Å². The number of carbonyl (C=O) groups excluding carboxylic acids is 4. The summed E-state index contributed by atoms with van der Waals surface area (Å²) in [6, 6.07) is 15.0. The molecule has 0 unspecified atom stereocenters. The van der Waals surface area contributed by atoms with Gasteiger partial charge in [0.25, 0.3) is 17.7 Å². The molecule has 8 nitrogen and oxygen atoms in total. The summed E-state index contributed by atoms with van der Waals surface area (Å²) >= 11 is 18.6. The first-order valence-electron chi connectivity index (χ1n) is 10.5. The number of nitrogens with zero attached hydrogens (tertiary/aromatic N) is 1. The first-order chi connectivity index (χ1) is 17.6. The predicted molar refractivity (Wildman–Crippen MR) is 148 cm³/mol. The number of benzene rings is 3. The Morgan fingerprint density at radius 1 is 1.00 bits per heavy atom. The van der Waals surface area contributed by atoms with Gasteiger partial charge in [-0.1, -0.05) is 45.2 Å². The van der Waals surface area contributed by atoms with E-state index in [-0.39, 0.29) is 23.6 Å². The van der Waals surface area contributed by atoms with Gasteiger partial charge in [-0.2, -0.15) is 0 Å². The molecule has 3 aromatic carbocycles. The number of barbiturate groups is 1. The number of anilines is 2. The zero-order valence-corrected chi connectivity index (χ0v) is 23.2. The molecule has 5 amide bonds. The Hall–Kier alpha value is -3.18. The third kappa shape index (κ3) is 6.40. The van der Waals surface area contributed by atoms with E-state index >= 15 is 0 Å². The number of urea groups is 1. The number of imide groups is 2. The molecule has 1 heterocycles. The van der Waals surface area contributed by atoms with Gasteiger partial charge in [0.1, 0.15) is 11.3 Å². The minimum absolute atomic E-state index is 0.194. The molecule has 0 spiro atoms. The second kappa shape index (κ2) is 11.5. The molecule has 4 rings (SSSR count). The summed E-state index contributed by atoms with van der Waals surface area (Å²) in [5.74, 6) is -1.97. The van der Waals surface area contributed by atoms with E-state index in [9.17, 15) is 19.2 Å². The Balaban J connectivity index is 1.62. The van der Waals surface area contributed by atoms with Gasteiger partial charge in [0.15, 0.2) is 6.61 Å². The number of rotatable bonds is 6. The van der Waals surface area contributed by atoms with Gasteiger partial charge < -0.3 is 10.1 Å². The molecule has 0 saturated carbocycles. The van der Waals surface area contributed by atoms with Crippen molar-refractivity contribution in [2.45, 2.75) is 0 Å². The summed E-state index contributed by atoms with van der Waals surface area (Å²) < 4.78 is 6.81. The van der Waals surface area contributed by atoms with Crippen molar-refractivity contribution >= 4 is 96.3 Å².